The molecule has 0 unspecified atom stereocenters. The summed E-state index contributed by atoms with van der Waals surface area (Å²) in [5, 5.41) is 5.65. The van der Waals surface area contributed by atoms with Crippen LogP contribution in [-0.4, -0.2) is 30.9 Å². The van der Waals surface area contributed by atoms with E-state index in [0.717, 1.165) is 5.56 Å². The van der Waals surface area contributed by atoms with Gasteiger partial charge >= 0.3 is 0 Å². The van der Waals surface area contributed by atoms with Gasteiger partial charge in [-0.2, -0.15) is 0 Å². The lowest BCUT2D eigenvalue weighted by atomic mass is 10.2. The summed E-state index contributed by atoms with van der Waals surface area (Å²) in [5.74, 6) is -0.0961. The third-order valence-electron chi connectivity index (χ3n) is 3.69. The first kappa shape index (κ1) is 18.4. The van der Waals surface area contributed by atoms with Crippen molar-refractivity contribution >= 4 is 44.6 Å². The van der Waals surface area contributed by atoms with E-state index in [1.54, 1.807) is 17.0 Å². The molecule has 26 heavy (non-hydrogen) atoms. The zero-order chi connectivity index (χ0) is 18.7. The minimum atomic E-state index is -3.74. The summed E-state index contributed by atoms with van der Waals surface area (Å²) >= 11 is 1.30. The van der Waals surface area contributed by atoms with Gasteiger partial charge in [0.05, 0.1) is 15.5 Å². The van der Waals surface area contributed by atoms with Crippen LogP contribution < -0.4 is 5.14 Å². The van der Waals surface area contributed by atoms with E-state index >= 15 is 0 Å². The van der Waals surface area contributed by atoms with Crippen LogP contribution in [0.3, 0.4) is 0 Å². The number of amidine groups is 1. The van der Waals surface area contributed by atoms with E-state index in [0.29, 0.717) is 22.3 Å². The second kappa shape index (κ2) is 7.45. The first-order chi connectivity index (χ1) is 12.4. The van der Waals surface area contributed by atoms with Crippen LogP contribution in [-0.2, 0) is 14.8 Å². The fourth-order valence-corrected chi connectivity index (χ4v) is 3.97. The van der Waals surface area contributed by atoms with Crippen molar-refractivity contribution in [3.05, 3.63) is 65.1 Å². The number of carbonyl (C=O) groups excluding carboxylic acids is 1. The Morgan fingerprint density at radius 3 is 2.35 bits per heavy atom. The second-order valence-electron chi connectivity index (χ2n) is 5.50. The van der Waals surface area contributed by atoms with Crippen LogP contribution in [0, 0.1) is 0 Å². The van der Waals surface area contributed by atoms with Crippen LogP contribution in [0.2, 0.25) is 0 Å². The van der Waals surface area contributed by atoms with Crippen molar-refractivity contribution in [3.63, 3.8) is 0 Å². The maximum atomic E-state index is 12.6. The quantitative estimate of drug-likeness (QED) is 0.816. The van der Waals surface area contributed by atoms with Gasteiger partial charge in [0.15, 0.2) is 5.17 Å². The number of benzene rings is 2. The van der Waals surface area contributed by atoms with Crippen molar-refractivity contribution in [2.75, 3.05) is 6.54 Å². The summed E-state index contributed by atoms with van der Waals surface area (Å²) < 4.78 is 22.6. The fraction of sp³-hybridized carbons (Fsp3) is 0.111. The van der Waals surface area contributed by atoms with Crippen LogP contribution in [0.4, 0.5) is 5.69 Å². The molecule has 134 valence electrons. The number of aliphatic imine (C=N–C) groups is 1. The fourth-order valence-electron chi connectivity index (χ4n) is 2.39. The predicted molar refractivity (Wildman–Crippen MR) is 104 cm³/mol. The van der Waals surface area contributed by atoms with Gasteiger partial charge in [-0.25, -0.2) is 18.5 Å². The predicted octanol–water partition coefficient (Wildman–Crippen LogP) is 2.96. The van der Waals surface area contributed by atoms with E-state index in [-0.39, 0.29) is 10.8 Å². The smallest absolute Gasteiger partial charge is 0.266 e. The van der Waals surface area contributed by atoms with E-state index in [2.05, 4.69) is 4.99 Å². The van der Waals surface area contributed by atoms with Crippen LogP contribution >= 0.6 is 11.8 Å². The first-order valence-corrected chi connectivity index (χ1v) is 10.2. The molecule has 0 radical (unpaired) electrons. The molecule has 1 aliphatic heterocycles. The molecule has 0 aliphatic carbocycles. The molecular weight excluding hydrogens is 370 g/mol. The van der Waals surface area contributed by atoms with Crippen molar-refractivity contribution in [2.45, 2.75) is 11.8 Å². The number of amides is 1. The molecule has 8 heteroatoms. The van der Waals surface area contributed by atoms with Gasteiger partial charge in [0.1, 0.15) is 0 Å². The zero-order valence-electron chi connectivity index (χ0n) is 14.0. The molecule has 2 N–H and O–H groups in total. The molecule has 2 aromatic carbocycles. The Balaban J connectivity index is 1.90. The third-order valence-corrected chi connectivity index (χ3v) is 5.63. The number of thioether (sulfide) groups is 1. The van der Waals surface area contributed by atoms with Gasteiger partial charge in [0.2, 0.25) is 10.0 Å². The summed E-state index contributed by atoms with van der Waals surface area (Å²) in [6.07, 6.45) is 1.84. The van der Waals surface area contributed by atoms with Gasteiger partial charge in [-0.1, -0.05) is 30.3 Å². The molecule has 1 saturated heterocycles. The van der Waals surface area contributed by atoms with E-state index in [4.69, 9.17) is 5.14 Å². The summed E-state index contributed by atoms with van der Waals surface area (Å²) in [6, 6.07) is 15.5. The van der Waals surface area contributed by atoms with Crippen LogP contribution in [0.1, 0.15) is 12.5 Å². The lowest BCUT2D eigenvalue weighted by Crippen LogP contribution is -2.28. The van der Waals surface area contributed by atoms with Gasteiger partial charge in [0, 0.05) is 6.54 Å². The lowest BCUT2D eigenvalue weighted by Gasteiger charge is -2.12. The highest BCUT2D eigenvalue weighted by molar-refractivity contribution is 8.18. The minimum Gasteiger partial charge on any atom is -0.287 e. The maximum Gasteiger partial charge on any atom is 0.266 e. The third kappa shape index (κ3) is 4.04. The van der Waals surface area contributed by atoms with Gasteiger partial charge in [-0.05, 0) is 54.6 Å². The molecule has 0 aromatic heterocycles. The SMILES string of the molecule is CCN1C(=O)/C(=C\c2ccccc2)SC1=Nc1ccc(S(N)(=O)=O)cc1. The molecule has 1 fully saturated rings. The highest BCUT2D eigenvalue weighted by atomic mass is 32.2. The number of hydrogen-bond acceptors (Lipinski definition) is 5. The van der Waals surface area contributed by atoms with Crippen molar-refractivity contribution in [3.8, 4) is 0 Å². The van der Waals surface area contributed by atoms with Gasteiger partial charge in [-0.15, -0.1) is 0 Å². The Bertz CT molecular complexity index is 982. The summed E-state index contributed by atoms with van der Waals surface area (Å²) in [5.41, 5.74) is 1.49. The highest BCUT2D eigenvalue weighted by Crippen LogP contribution is 2.34. The topological polar surface area (TPSA) is 92.8 Å². The van der Waals surface area contributed by atoms with Gasteiger partial charge in [-0.3, -0.25) is 9.69 Å². The zero-order valence-corrected chi connectivity index (χ0v) is 15.6. The van der Waals surface area contributed by atoms with Crippen LogP contribution in [0.5, 0.6) is 0 Å². The standard InChI is InChI=1S/C18H17N3O3S2/c1-2-21-17(22)16(12-13-6-4-3-5-7-13)25-18(21)20-14-8-10-15(11-9-14)26(19,23)24/h3-12H,2H2,1H3,(H2,19,23,24)/b16-12+,20-18?. The van der Waals surface area contributed by atoms with E-state index in [9.17, 15) is 13.2 Å². The van der Waals surface area contributed by atoms with E-state index in [1.165, 1.54) is 23.9 Å². The maximum absolute atomic E-state index is 12.6. The number of hydrogen-bond donors (Lipinski definition) is 1. The number of primary sulfonamides is 1. The molecule has 0 bridgehead atoms. The lowest BCUT2D eigenvalue weighted by molar-refractivity contribution is -0.122. The van der Waals surface area contributed by atoms with Gasteiger partial charge < -0.3 is 0 Å². The Morgan fingerprint density at radius 1 is 1.12 bits per heavy atom. The highest BCUT2D eigenvalue weighted by Gasteiger charge is 2.32. The summed E-state index contributed by atoms with van der Waals surface area (Å²) in [4.78, 5) is 19.3. The van der Waals surface area contributed by atoms with Gasteiger partial charge in [0.25, 0.3) is 5.91 Å². The molecule has 0 saturated carbocycles. The Kier molecular flexibility index (Phi) is 5.26. The minimum absolute atomic E-state index is 0.0219. The number of nitrogens with two attached hydrogens (primary N) is 1. The largest absolute Gasteiger partial charge is 0.287 e. The molecule has 1 heterocycles. The van der Waals surface area contributed by atoms with Crippen LogP contribution in [0.25, 0.3) is 6.08 Å². The summed E-state index contributed by atoms with van der Waals surface area (Å²) in [7, 11) is -3.74. The molecule has 3 rings (SSSR count). The summed E-state index contributed by atoms with van der Waals surface area (Å²) in [6.45, 7) is 2.37. The molecule has 1 aliphatic rings. The van der Waals surface area contributed by atoms with E-state index in [1.807, 2.05) is 43.3 Å². The average molecular weight is 387 g/mol. The molecule has 0 atom stereocenters. The Hall–Kier alpha value is -2.42. The number of nitrogens with zero attached hydrogens (tertiary/aromatic N) is 2. The number of likely N-dealkylation sites (N-methyl/N-ethyl adjacent to an activating group) is 1. The molecule has 6 nitrogen and oxygen atoms in total. The van der Waals surface area contributed by atoms with Crippen LogP contribution in [0.15, 0.2) is 69.4 Å². The number of rotatable bonds is 4. The molecule has 1 amide bonds. The van der Waals surface area contributed by atoms with Crippen molar-refractivity contribution in [1.29, 1.82) is 0 Å². The number of sulfonamides is 1. The molecule has 0 spiro atoms. The number of carbonyl (C=O) groups is 1. The molecule has 2 aromatic rings. The second-order valence-corrected chi connectivity index (χ2v) is 8.07. The van der Waals surface area contributed by atoms with E-state index < -0.39 is 10.0 Å². The first-order valence-electron chi connectivity index (χ1n) is 7.86. The van der Waals surface area contributed by atoms with Crippen molar-refractivity contribution < 1.29 is 13.2 Å². The van der Waals surface area contributed by atoms with Crippen molar-refractivity contribution in [1.82, 2.24) is 4.90 Å². The normalized spacial score (nSPS) is 18.1. The Labute approximate surface area is 156 Å². The monoisotopic (exact) mass is 387 g/mol. The Morgan fingerprint density at radius 2 is 1.77 bits per heavy atom. The molecular formula is C18H17N3O3S2. The van der Waals surface area contributed by atoms with Crippen molar-refractivity contribution in [2.24, 2.45) is 10.1 Å². The average Bonchev–Trinajstić information content (AvgIpc) is 2.90.